The van der Waals surface area contributed by atoms with E-state index in [2.05, 4.69) is 11.4 Å². The summed E-state index contributed by atoms with van der Waals surface area (Å²) in [6.07, 6.45) is 0.774. The first kappa shape index (κ1) is 18.4. The zero-order valence-electron chi connectivity index (χ0n) is 14.2. The van der Waals surface area contributed by atoms with Crippen LogP contribution in [0.1, 0.15) is 38.8 Å². The molecule has 2 rings (SSSR count). The van der Waals surface area contributed by atoms with Crippen molar-refractivity contribution in [3.63, 3.8) is 0 Å². The Bertz CT molecular complexity index is 560. The van der Waals surface area contributed by atoms with Crippen LogP contribution >= 0.6 is 23.4 Å². The van der Waals surface area contributed by atoms with Gasteiger partial charge in [-0.3, -0.25) is 0 Å². The largest absolute Gasteiger partial charge is 0.444 e. The Hall–Kier alpha value is -0.910. The minimum absolute atomic E-state index is 0.289. The van der Waals surface area contributed by atoms with Crippen molar-refractivity contribution < 1.29 is 9.53 Å². The number of benzene rings is 1. The van der Waals surface area contributed by atoms with Gasteiger partial charge in [0.2, 0.25) is 0 Å². The van der Waals surface area contributed by atoms with Crippen LogP contribution in [0.3, 0.4) is 0 Å². The summed E-state index contributed by atoms with van der Waals surface area (Å²) in [5.74, 6) is 1.09. The van der Waals surface area contributed by atoms with Gasteiger partial charge in [0.25, 0.3) is 0 Å². The van der Waals surface area contributed by atoms with Gasteiger partial charge < -0.3 is 15.0 Å². The van der Waals surface area contributed by atoms with Crippen LogP contribution in [-0.2, 0) is 4.74 Å². The number of rotatable bonds is 4. The number of hydrogen-bond acceptors (Lipinski definition) is 4. The molecule has 0 fully saturated rings. The molecule has 0 aliphatic carbocycles. The van der Waals surface area contributed by atoms with Crippen LogP contribution in [0.25, 0.3) is 0 Å². The smallest absolute Gasteiger partial charge is 0.410 e. The number of hydrogen-bond donors (Lipinski definition) is 1. The number of ether oxygens (including phenoxy) is 1. The summed E-state index contributed by atoms with van der Waals surface area (Å²) in [5, 5.41) is 4.30. The van der Waals surface area contributed by atoms with Crippen LogP contribution in [0.2, 0.25) is 5.02 Å². The Labute approximate surface area is 147 Å². The molecule has 4 nitrogen and oxygen atoms in total. The van der Waals surface area contributed by atoms with Crippen LogP contribution < -0.4 is 5.32 Å². The first-order valence-corrected chi connectivity index (χ1v) is 9.22. The van der Waals surface area contributed by atoms with Crippen molar-refractivity contribution in [1.82, 2.24) is 10.2 Å². The van der Waals surface area contributed by atoms with E-state index in [9.17, 15) is 4.79 Å². The summed E-state index contributed by atoms with van der Waals surface area (Å²) < 4.78 is 5.35. The average Bonchev–Trinajstić information content (AvgIpc) is 2.45. The van der Waals surface area contributed by atoms with Gasteiger partial charge in [0, 0.05) is 36.1 Å². The molecule has 1 heterocycles. The van der Waals surface area contributed by atoms with E-state index in [1.54, 1.807) is 11.9 Å². The molecule has 23 heavy (non-hydrogen) atoms. The Morgan fingerprint density at radius 3 is 2.91 bits per heavy atom. The lowest BCUT2D eigenvalue weighted by molar-refractivity contribution is 0.0299. The number of thioether (sulfide) groups is 1. The fourth-order valence-corrected chi connectivity index (χ4v) is 3.70. The monoisotopic (exact) mass is 356 g/mol. The summed E-state index contributed by atoms with van der Waals surface area (Å²) >= 11 is 7.99. The summed E-state index contributed by atoms with van der Waals surface area (Å²) in [7, 11) is 1.76. The quantitative estimate of drug-likeness (QED) is 0.871. The molecule has 1 aromatic carbocycles. The van der Waals surface area contributed by atoms with E-state index in [-0.39, 0.29) is 12.1 Å². The highest BCUT2D eigenvalue weighted by Gasteiger charge is 2.22. The fourth-order valence-electron chi connectivity index (χ4n) is 2.41. The first-order valence-electron chi connectivity index (χ1n) is 7.86. The van der Waals surface area contributed by atoms with Gasteiger partial charge in [-0.15, -0.1) is 11.8 Å². The van der Waals surface area contributed by atoms with E-state index < -0.39 is 5.60 Å². The molecule has 0 saturated carbocycles. The molecule has 1 aromatic rings. The normalized spacial score (nSPS) is 17.5. The third kappa shape index (κ3) is 5.59. The van der Waals surface area contributed by atoms with Crippen LogP contribution in [0.5, 0.6) is 0 Å². The average molecular weight is 357 g/mol. The Kier molecular flexibility index (Phi) is 6.23. The first-order chi connectivity index (χ1) is 10.8. The lowest BCUT2D eigenvalue weighted by Gasteiger charge is -2.28. The maximum absolute atomic E-state index is 11.9. The fraction of sp³-hybridized carbons (Fsp3) is 0.588. The third-order valence-electron chi connectivity index (χ3n) is 3.55. The third-order valence-corrected chi connectivity index (χ3v) is 4.91. The molecular weight excluding hydrogens is 332 g/mol. The highest BCUT2D eigenvalue weighted by atomic mass is 35.5. The Morgan fingerprint density at radius 1 is 1.48 bits per heavy atom. The molecule has 0 bridgehead atoms. The predicted molar refractivity (Wildman–Crippen MR) is 96.4 cm³/mol. The Balaban J connectivity index is 1.86. The number of halogens is 1. The van der Waals surface area contributed by atoms with E-state index in [0.29, 0.717) is 6.54 Å². The molecule has 0 radical (unpaired) electrons. The maximum Gasteiger partial charge on any atom is 0.410 e. The molecule has 1 unspecified atom stereocenters. The molecule has 6 heteroatoms. The van der Waals surface area contributed by atoms with E-state index >= 15 is 0 Å². The van der Waals surface area contributed by atoms with Gasteiger partial charge in [-0.1, -0.05) is 11.6 Å². The summed E-state index contributed by atoms with van der Waals surface area (Å²) in [6.45, 7) is 6.94. The molecular formula is C17H25ClN2O2S. The van der Waals surface area contributed by atoms with Crippen molar-refractivity contribution in [2.75, 3.05) is 25.9 Å². The zero-order valence-corrected chi connectivity index (χ0v) is 15.8. The highest BCUT2D eigenvalue weighted by Crippen LogP contribution is 2.37. The minimum atomic E-state index is -0.463. The maximum atomic E-state index is 11.9. The summed E-state index contributed by atoms with van der Waals surface area (Å²) in [5.41, 5.74) is 0.795. The lowest BCUT2D eigenvalue weighted by atomic mass is 10.0. The van der Waals surface area contributed by atoms with Gasteiger partial charge >= 0.3 is 6.09 Å². The molecule has 1 aliphatic rings. The molecule has 0 aromatic heterocycles. The molecule has 128 valence electrons. The number of carbonyl (C=O) groups excluding carboxylic acids is 1. The molecule has 1 amide bonds. The lowest BCUT2D eigenvalue weighted by Crippen LogP contribution is -2.39. The van der Waals surface area contributed by atoms with Crippen molar-refractivity contribution >= 4 is 29.5 Å². The van der Waals surface area contributed by atoms with E-state index in [1.165, 1.54) is 10.5 Å². The summed E-state index contributed by atoms with van der Waals surface area (Å²) in [4.78, 5) is 14.8. The van der Waals surface area contributed by atoms with Gasteiger partial charge in [0.05, 0.1) is 0 Å². The Morgan fingerprint density at radius 2 is 2.22 bits per heavy atom. The number of nitrogens with zero attached hydrogens (tertiary/aromatic N) is 1. The van der Waals surface area contributed by atoms with Gasteiger partial charge in [0.15, 0.2) is 0 Å². The van der Waals surface area contributed by atoms with E-state index in [0.717, 1.165) is 23.7 Å². The van der Waals surface area contributed by atoms with Gasteiger partial charge in [-0.2, -0.15) is 0 Å². The van der Waals surface area contributed by atoms with Gasteiger partial charge in [-0.25, -0.2) is 4.79 Å². The van der Waals surface area contributed by atoms with Crippen molar-refractivity contribution in [3.8, 4) is 0 Å². The van der Waals surface area contributed by atoms with Crippen LogP contribution in [0.4, 0.5) is 4.79 Å². The molecule has 0 spiro atoms. The number of nitrogens with one attached hydrogen (secondary N) is 1. The number of likely N-dealkylation sites (N-methyl/N-ethyl adjacent to an activating group) is 1. The molecule has 1 N–H and O–H groups in total. The van der Waals surface area contributed by atoms with Gasteiger partial charge in [-0.05, 0) is 56.7 Å². The van der Waals surface area contributed by atoms with Crippen molar-refractivity contribution in [2.45, 2.75) is 43.7 Å². The molecule has 1 aliphatic heterocycles. The zero-order chi connectivity index (χ0) is 17.0. The standard InChI is InChI=1S/C17H25ClN2O2S/c1-17(2,3)22-16(21)20(4)9-8-19-14-7-10-23-15-6-5-12(18)11-13(14)15/h5-6,11,14,19H,7-10H2,1-4H3. The van der Waals surface area contributed by atoms with Crippen molar-refractivity contribution in [1.29, 1.82) is 0 Å². The van der Waals surface area contributed by atoms with Crippen LogP contribution in [0, 0.1) is 0 Å². The number of amides is 1. The van der Waals surface area contributed by atoms with E-state index in [4.69, 9.17) is 16.3 Å². The van der Waals surface area contributed by atoms with Crippen molar-refractivity contribution in [3.05, 3.63) is 28.8 Å². The predicted octanol–water partition coefficient (Wildman–Crippen LogP) is 4.33. The second kappa shape index (κ2) is 7.77. The topological polar surface area (TPSA) is 41.6 Å². The molecule has 0 saturated heterocycles. The number of carbonyl (C=O) groups is 1. The minimum Gasteiger partial charge on any atom is -0.444 e. The van der Waals surface area contributed by atoms with Crippen LogP contribution in [0.15, 0.2) is 23.1 Å². The van der Waals surface area contributed by atoms with Crippen molar-refractivity contribution in [2.24, 2.45) is 0 Å². The highest BCUT2D eigenvalue weighted by molar-refractivity contribution is 7.99. The second-order valence-corrected chi connectivity index (χ2v) is 8.30. The summed E-state index contributed by atoms with van der Waals surface area (Å²) in [6, 6.07) is 6.35. The van der Waals surface area contributed by atoms with E-state index in [1.807, 2.05) is 44.7 Å². The number of fused-ring (bicyclic) bond motifs is 1. The SMILES string of the molecule is CN(CCNC1CCSc2ccc(Cl)cc21)C(=O)OC(C)(C)C. The second-order valence-electron chi connectivity index (χ2n) is 6.73. The molecule has 1 atom stereocenters. The van der Waals surface area contributed by atoms with Gasteiger partial charge in [0.1, 0.15) is 5.60 Å². The van der Waals surface area contributed by atoms with Crippen LogP contribution in [-0.4, -0.2) is 42.5 Å².